The summed E-state index contributed by atoms with van der Waals surface area (Å²) < 4.78 is 31.0. The maximum absolute atomic E-state index is 13.1. The highest BCUT2D eigenvalue weighted by molar-refractivity contribution is 5.32. The van der Waals surface area contributed by atoms with E-state index < -0.39 is 11.6 Å². The van der Waals surface area contributed by atoms with E-state index in [1.807, 2.05) is 0 Å². The first-order chi connectivity index (χ1) is 6.69. The molecule has 0 radical (unpaired) electrons. The molecule has 0 aliphatic carbocycles. The predicted octanol–water partition coefficient (Wildman–Crippen LogP) is 3.09. The Morgan fingerprint density at radius 2 is 2.14 bits per heavy atom. The van der Waals surface area contributed by atoms with Gasteiger partial charge in [-0.2, -0.15) is 4.39 Å². The van der Waals surface area contributed by atoms with Crippen LogP contribution in [0, 0.1) is 11.6 Å². The maximum atomic E-state index is 13.1. The normalized spacial score (nSPS) is 9.93. The Morgan fingerprint density at radius 1 is 1.43 bits per heavy atom. The second-order valence-electron chi connectivity index (χ2n) is 2.82. The summed E-state index contributed by atoms with van der Waals surface area (Å²) >= 11 is 0. The molecule has 0 bridgehead atoms. The molecule has 0 fully saturated rings. The minimum atomic E-state index is -0.931. The summed E-state index contributed by atoms with van der Waals surface area (Å²) in [6.45, 7) is 5.56. The number of hydrogen-bond acceptors (Lipinski definition) is 1. The van der Waals surface area contributed by atoms with Gasteiger partial charge in [0.1, 0.15) is 0 Å². The fraction of sp³-hybridized carbons (Fsp3) is 0.273. The number of rotatable bonds is 4. The lowest BCUT2D eigenvalue weighted by atomic mass is 10.1. The zero-order valence-electron chi connectivity index (χ0n) is 8.02. The van der Waals surface area contributed by atoms with Crippen molar-refractivity contribution in [3.63, 3.8) is 0 Å². The number of halogens is 2. The molecule has 1 nitrogen and oxygen atoms in total. The molecule has 0 atom stereocenters. The van der Waals surface area contributed by atoms with Gasteiger partial charge in [0.25, 0.3) is 0 Å². The topological polar surface area (TPSA) is 9.23 Å². The zero-order chi connectivity index (χ0) is 10.6. The standard InChI is InChI=1S/C11H12F2O/c1-3-5-8-6-9(12)11(13)10(7-8)14-4-2/h3,6-7H,1,4-5H2,2H3. The second-order valence-corrected chi connectivity index (χ2v) is 2.82. The maximum Gasteiger partial charge on any atom is 0.200 e. The summed E-state index contributed by atoms with van der Waals surface area (Å²) in [4.78, 5) is 0. The first kappa shape index (κ1) is 10.7. The predicted molar refractivity (Wildman–Crippen MR) is 51.4 cm³/mol. The van der Waals surface area contributed by atoms with Crippen LogP contribution in [-0.2, 0) is 6.42 Å². The first-order valence-electron chi connectivity index (χ1n) is 4.40. The lowest BCUT2D eigenvalue weighted by Crippen LogP contribution is -1.98. The highest BCUT2D eigenvalue weighted by Gasteiger charge is 2.10. The van der Waals surface area contributed by atoms with Gasteiger partial charge in [-0.3, -0.25) is 0 Å². The Kier molecular flexibility index (Phi) is 3.63. The van der Waals surface area contributed by atoms with Gasteiger partial charge in [0, 0.05) is 0 Å². The molecule has 0 heterocycles. The quantitative estimate of drug-likeness (QED) is 0.675. The summed E-state index contributed by atoms with van der Waals surface area (Å²) in [5.41, 5.74) is 0.655. The summed E-state index contributed by atoms with van der Waals surface area (Å²) in [5, 5.41) is 0. The van der Waals surface area contributed by atoms with Crippen molar-refractivity contribution in [2.75, 3.05) is 6.61 Å². The van der Waals surface area contributed by atoms with Crippen molar-refractivity contribution in [2.45, 2.75) is 13.3 Å². The lowest BCUT2D eigenvalue weighted by Gasteiger charge is -2.07. The molecule has 1 rings (SSSR count). The van der Waals surface area contributed by atoms with Crippen LogP contribution in [0.3, 0.4) is 0 Å². The fourth-order valence-electron chi connectivity index (χ4n) is 1.16. The second kappa shape index (κ2) is 4.74. The minimum absolute atomic E-state index is 0.0376. The minimum Gasteiger partial charge on any atom is -0.491 e. The van der Waals surface area contributed by atoms with Gasteiger partial charge in [-0.15, -0.1) is 6.58 Å². The van der Waals surface area contributed by atoms with Gasteiger partial charge in [0.15, 0.2) is 11.6 Å². The van der Waals surface area contributed by atoms with Gasteiger partial charge >= 0.3 is 0 Å². The van der Waals surface area contributed by atoms with E-state index in [0.717, 1.165) is 6.07 Å². The summed E-state index contributed by atoms with van der Waals surface area (Å²) in [6, 6.07) is 2.64. The molecule has 1 aromatic carbocycles. The van der Waals surface area contributed by atoms with Gasteiger partial charge in [0.05, 0.1) is 6.61 Å². The Hall–Kier alpha value is -1.38. The van der Waals surface area contributed by atoms with E-state index in [-0.39, 0.29) is 5.75 Å². The average molecular weight is 198 g/mol. The van der Waals surface area contributed by atoms with E-state index in [2.05, 4.69) is 6.58 Å². The molecule has 0 spiro atoms. The van der Waals surface area contributed by atoms with E-state index in [9.17, 15) is 8.78 Å². The van der Waals surface area contributed by atoms with Crippen molar-refractivity contribution in [3.8, 4) is 5.75 Å². The van der Waals surface area contributed by atoms with Crippen molar-refractivity contribution in [2.24, 2.45) is 0 Å². The molecule has 0 amide bonds. The smallest absolute Gasteiger partial charge is 0.200 e. The van der Waals surface area contributed by atoms with Crippen molar-refractivity contribution in [3.05, 3.63) is 42.0 Å². The van der Waals surface area contributed by atoms with Crippen LogP contribution in [0.1, 0.15) is 12.5 Å². The third-order valence-electron chi connectivity index (χ3n) is 1.73. The molecule has 14 heavy (non-hydrogen) atoms. The van der Waals surface area contributed by atoms with Crippen LogP contribution in [0.4, 0.5) is 8.78 Å². The van der Waals surface area contributed by atoms with Crippen LogP contribution in [0.15, 0.2) is 24.8 Å². The highest BCUT2D eigenvalue weighted by atomic mass is 19.2. The number of ether oxygens (including phenoxy) is 1. The number of allylic oxidation sites excluding steroid dienone is 1. The van der Waals surface area contributed by atoms with Gasteiger partial charge < -0.3 is 4.74 Å². The molecular weight excluding hydrogens is 186 g/mol. The zero-order valence-corrected chi connectivity index (χ0v) is 8.02. The third kappa shape index (κ3) is 2.31. The van der Waals surface area contributed by atoms with Crippen LogP contribution >= 0.6 is 0 Å². The molecular formula is C11H12F2O. The Morgan fingerprint density at radius 3 is 2.71 bits per heavy atom. The van der Waals surface area contributed by atoms with Crippen molar-refractivity contribution in [1.82, 2.24) is 0 Å². The molecule has 0 saturated carbocycles. The number of hydrogen-bond donors (Lipinski definition) is 0. The van der Waals surface area contributed by atoms with Crippen molar-refractivity contribution < 1.29 is 13.5 Å². The van der Waals surface area contributed by atoms with Gasteiger partial charge in [0.2, 0.25) is 5.82 Å². The molecule has 0 saturated heterocycles. The molecule has 76 valence electrons. The third-order valence-corrected chi connectivity index (χ3v) is 1.73. The molecule has 0 aromatic heterocycles. The largest absolute Gasteiger partial charge is 0.491 e. The fourth-order valence-corrected chi connectivity index (χ4v) is 1.16. The first-order valence-corrected chi connectivity index (χ1v) is 4.40. The Labute approximate surface area is 82.0 Å². The van der Waals surface area contributed by atoms with Crippen LogP contribution < -0.4 is 4.74 Å². The average Bonchev–Trinajstić information content (AvgIpc) is 2.14. The number of benzene rings is 1. The van der Waals surface area contributed by atoms with Gasteiger partial charge in [-0.1, -0.05) is 6.08 Å². The van der Waals surface area contributed by atoms with Crippen LogP contribution in [0.25, 0.3) is 0 Å². The lowest BCUT2D eigenvalue weighted by molar-refractivity contribution is 0.313. The SMILES string of the molecule is C=CCc1cc(F)c(F)c(OCC)c1. The van der Waals surface area contributed by atoms with Crippen molar-refractivity contribution in [1.29, 1.82) is 0 Å². The Balaban J connectivity index is 3.06. The monoisotopic (exact) mass is 198 g/mol. The molecule has 0 aliphatic rings. The van der Waals surface area contributed by atoms with E-state index in [0.29, 0.717) is 18.6 Å². The molecule has 1 aromatic rings. The van der Waals surface area contributed by atoms with Crippen LogP contribution in [-0.4, -0.2) is 6.61 Å². The van der Waals surface area contributed by atoms with E-state index in [4.69, 9.17) is 4.74 Å². The van der Waals surface area contributed by atoms with Gasteiger partial charge in [-0.05, 0) is 31.0 Å². The van der Waals surface area contributed by atoms with E-state index >= 15 is 0 Å². The molecule has 0 aliphatic heterocycles. The highest BCUT2D eigenvalue weighted by Crippen LogP contribution is 2.22. The summed E-state index contributed by atoms with van der Waals surface area (Å²) in [6.07, 6.45) is 2.12. The van der Waals surface area contributed by atoms with Crippen LogP contribution in [0.5, 0.6) is 5.75 Å². The Bertz CT molecular complexity index is 334. The molecule has 0 N–H and O–H groups in total. The van der Waals surface area contributed by atoms with Gasteiger partial charge in [-0.25, -0.2) is 4.39 Å². The van der Waals surface area contributed by atoms with Crippen LogP contribution in [0.2, 0.25) is 0 Å². The summed E-state index contributed by atoms with van der Waals surface area (Å²) in [7, 11) is 0. The molecule has 3 heteroatoms. The summed E-state index contributed by atoms with van der Waals surface area (Å²) in [5.74, 6) is -1.85. The molecule has 0 unspecified atom stereocenters. The van der Waals surface area contributed by atoms with E-state index in [1.165, 1.54) is 6.07 Å². The van der Waals surface area contributed by atoms with Crippen molar-refractivity contribution >= 4 is 0 Å². The van der Waals surface area contributed by atoms with E-state index in [1.54, 1.807) is 13.0 Å².